The molecule has 0 aliphatic carbocycles. The molecule has 13 nitrogen and oxygen atoms in total. The van der Waals surface area contributed by atoms with E-state index in [0.717, 1.165) is 0 Å². The number of aliphatic hydroxyl groups is 5. The second-order valence-electron chi connectivity index (χ2n) is 6.01. The minimum atomic E-state index is -3.71. The predicted octanol–water partition coefficient (Wildman–Crippen LogP) is -2.57. The molecule has 0 bridgehead atoms. The van der Waals surface area contributed by atoms with E-state index in [1.54, 1.807) is 0 Å². The topological polar surface area (TPSA) is 180 Å². The van der Waals surface area contributed by atoms with Gasteiger partial charge >= 0.3 is 5.97 Å². The molecule has 1 aromatic rings. The Balaban J connectivity index is 2.98. The van der Waals surface area contributed by atoms with Crippen molar-refractivity contribution < 1.29 is 44.9 Å². The molecular formula is C14H26N4O9. The van der Waals surface area contributed by atoms with Gasteiger partial charge in [0.15, 0.2) is 12.4 Å². The number of aromatic nitrogens is 2. The number of nitrogens with zero attached hydrogens (tertiary/aromatic N) is 2. The van der Waals surface area contributed by atoms with Crippen LogP contribution in [-0.2, 0) is 25.9 Å². The summed E-state index contributed by atoms with van der Waals surface area (Å²) in [5, 5.41) is 50.6. The Kier molecular flexibility index (Phi) is 8.40. The van der Waals surface area contributed by atoms with Crippen molar-refractivity contribution in [2.24, 2.45) is 0 Å². The first kappa shape index (κ1) is 23.5. The average Bonchev–Trinajstić information content (AvgIpc) is 3.08. The van der Waals surface area contributed by atoms with Crippen molar-refractivity contribution in [3.8, 4) is 0 Å². The van der Waals surface area contributed by atoms with Crippen molar-refractivity contribution in [3.05, 3.63) is 30.9 Å². The number of ether oxygens (including phenoxy) is 1. The molecule has 0 amide bonds. The lowest BCUT2D eigenvalue weighted by Gasteiger charge is -2.46. The van der Waals surface area contributed by atoms with E-state index in [9.17, 15) is 25.5 Å². The highest BCUT2D eigenvalue weighted by atomic mass is 17.1. The van der Waals surface area contributed by atoms with Crippen LogP contribution in [0.25, 0.3) is 0 Å². The highest BCUT2D eigenvalue weighted by Gasteiger charge is 2.60. The van der Waals surface area contributed by atoms with Crippen LogP contribution < -0.4 is 11.3 Å². The smallest absolute Gasteiger partial charge is 0.310 e. The first-order chi connectivity index (χ1) is 12.5. The van der Waals surface area contributed by atoms with E-state index in [-0.39, 0.29) is 12.4 Å². The molecule has 1 aromatic heterocycles. The van der Waals surface area contributed by atoms with Gasteiger partial charge in [0.05, 0.1) is 12.9 Å². The van der Waals surface area contributed by atoms with Crippen molar-refractivity contribution in [2.45, 2.75) is 43.7 Å². The molecule has 0 spiro atoms. The standard InChI is InChI=1S/C14H26N4O9/c1-10(2)12(3,26-17-27-16-25-9-24-4)11(19)13(20,14(21,22)23)7-18-6-5-15-8-18/h5-6,8,11,16-17,19-23H,1,7,9H2,2-4H3/t11-,12-,13-/m1/s1. The van der Waals surface area contributed by atoms with Crippen molar-refractivity contribution >= 4 is 0 Å². The summed E-state index contributed by atoms with van der Waals surface area (Å²) in [4.78, 5) is 18.1. The van der Waals surface area contributed by atoms with Crippen LogP contribution in [0, 0.1) is 0 Å². The number of aliphatic hydroxyl groups excluding tert-OH is 1. The molecule has 1 rings (SSSR count). The number of rotatable bonds is 13. The zero-order valence-corrected chi connectivity index (χ0v) is 15.2. The van der Waals surface area contributed by atoms with E-state index in [2.05, 4.69) is 26.1 Å². The van der Waals surface area contributed by atoms with Gasteiger partial charge in [-0.05, 0) is 19.4 Å². The molecule has 0 aliphatic rings. The first-order valence-electron chi connectivity index (χ1n) is 7.63. The highest BCUT2D eigenvalue weighted by molar-refractivity contribution is 5.17. The quantitative estimate of drug-likeness (QED) is 0.0806. The zero-order valence-electron chi connectivity index (χ0n) is 15.2. The van der Waals surface area contributed by atoms with E-state index in [1.165, 1.54) is 44.2 Å². The summed E-state index contributed by atoms with van der Waals surface area (Å²) >= 11 is 0. The van der Waals surface area contributed by atoms with Gasteiger partial charge in [-0.25, -0.2) is 9.82 Å². The average molecular weight is 394 g/mol. The van der Waals surface area contributed by atoms with Gasteiger partial charge in [0.25, 0.3) is 0 Å². The lowest BCUT2D eigenvalue weighted by Crippen LogP contribution is -2.70. The lowest BCUT2D eigenvalue weighted by atomic mass is 9.79. The molecule has 3 atom stereocenters. The van der Waals surface area contributed by atoms with Crippen LogP contribution >= 0.6 is 0 Å². The van der Waals surface area contributed by atoms with Crippen LogP contribution in [0.4, 0.5) is 0 Å². The molecule has 13 heteroatoms. The molecular weight excluding hydrogens is 368 g/mol. The molecule has 1 heterocycles. The summed E-state index contributed by atoms with van der Waals surface area (Å²) in [6, 6.07) is 0. The first-order valence-corrected chi connectivity index (χ1v) is 7.63. The van der Waals surface area contributed by atoms with Gasteiger partial charge in [-0.1, -0.05) is 17.9 Å². The normalized spacial score (nSPS) is 17.9. The van der Waals surface area contributed by atoms with Gasteiger partial charge in [-0.2, -0.15) is 4.94 Å². The summed E-state index contributed by atoms with van der Waals surface area (Å²) in [5.74, 6) is -3.71. The summed E-state index contributed by atoms with van der Waals surface area (Å²) in [6.45, 7) is 5.54. The maximum Gasteiger partial charge on any atom is 0.310 e. The Morgan fingerprint density at radius 2 is 1.96 bits per heavy atom. The Hall–Kier alpha value is -1.49. The number of methoxy groups -OCH3 is 1. The molecule has 0 saturated heterocycles. The van der Waals surface area contributed by atoms with Crippen LogP contribution in [-0.4, -0.2) is 72.3 Å². The summed E-state index contributed by atoms with van der Waals surface area (Å²) in [7, 11) is 1.38. The second kappa shape index (κ2) is 9.63. The molecule has 0 fully saturated rings. The molecule has 0 aliphatic heterocycles. The highest BCUT2D eigenvalue weighted by Crippen LogP contribution is 2.35. The van der Waals surface area contributed by atoms with Crippen molar-refractivity contribution in [1.29, 1.82) is 0 Å². The van der Waals surface area contributed by atoms with Crippen LogP contribution in [0.1, 0.15) is 13.8 Å². The molecule has 0 unspecified atom stereocenters. The van der Waals surface area contributed by atoms with Gasteiger partial charge in [0.2, 0.25) is 0 Å². The van der Waals surface area contributed by atoms with Crippen molar-refractivity contribution in [3.63, 3.8) is 0 Å². The van der Waals surface area contributed by atoms with Crippen molar-refractivity contribution in [2.75, 3.05) is 13.9 Å². The Morgan fingerprint density at radius 3 is 2.44 bits per heavy atom. The SMILES string of the molecule is C=C(C)[C@@](C)(ONONOCOC)[C@@H](O)[C@](O)(Cn1ccnc1)C(O)(O)O. The van der Waals surface area contributed by atoms with Gasteiger partial charge in [-0.3, -0.25) is 4.84 Å². The fourth-order valence-corrected chi connectivity index (χ4v) is 2.10. The van der Waals surface area contributed by atoms with E-state index in [1.807, 2.05) is 11.3 Å². The van der Waals surface area contributed by atoms with Crippen LogP contribution in [0.3, 0.4) is 0 Å². The molecule has 0 saturated carbocycles. The van der Waals surface area contributed by atoms with Crippen LogP contribution in [0.5, 0.6) is 0 Å². The molecule has 0 aromatic carbocycles. The van der Waals surface area contributed by atoms with Gasteiger partial charge < -0.3 is 34.8 Å². The maximum atomic E-state index is 10.8. The fourth-order valence-electron chi connectivity index (χ4n) is 2.10. The Bertz CT molecular complexity index is 580. The summed E-state index contributed by atoms with van der Waals surface area (Å²) in [5.41, 5.74) is -0.780. The maximum absolute atomic E-state index is 10.8. The summed E-state index contributed by atoms with van der Waals surface area (Å²) in [6.07, 6.45) is 1.85. The summed E-state index contributed by atoms with van der Waals surface area (Å²) < 4.78 is 5.80. The minimum Gasteiger partial charge on any atom is -0.386 e. The number of nitrogens with one attached hydrogen (secondary N) is 2. The predicted molar refractivity (Wildman–Crippen MR) is 87.2 cm³/mol. The monoisotopic (exact) mass is 394 g/mol. The van der Waals surface area contributed by atoms with E-state index < -0.39 is 29.8 Å². The minimum absolute atomic E-state index is 0.136. The van der Waals surface area contributed by atoms with Gasteiger partial charge in [0.1, 0.15) is 11.7 Å². The largest absolute Gasteiger partial charge is 0.386 e. The van der Waals surface area contributed by atoms with E-state index in [4.69, 9.17) is 4.84 Å². The number of imidazole rings is 1. The number of hydrogen-bond acceptors (Lipinski definition) is 12. The van der Waals surface area contributed by atoms with E-state index in [0.29, 0.717) is 0 Å². The van der Waals surface area contributed by atoms with E-state index >= 15 is 0 Å². The fraction of sp³-hybridized carbons (Fsp3) is 0.643. The Morgan fingerprint density at radius 1 is 1.30 bits per heavy atom. The van der Waals surface area contributed by atoms with Crippen molar-refractivity contribution in [1.82, 2.24) is 20.8 Å². The molecule has 156 valence electrons. The third kappa shape index (κ3) is 5.74. The van der Waals surface area contributed by atoms with Gasteiger partial charge in [0, 0.05) is 19.5 Å². The van der Waals surface area contributed by atoms with Crippen LogP contribution in [0.15, 0.2) is 30.9 Å². The third-order valence-electron chi connectivity index (χ3n) is 3.96. The molecule has 27 heavy (non-hydrogen) atoms. The zero-order chi connectivity index (χ0) is 20.7. The van der Waals surface area contributed by atoms with Crippen LogP contribution in [0.2, 0.25) is 0 Å². The second-order valence-corrected chi connectivity index (χ2v) is 6.01. The third-order valence-corrected chi connectivity index (χ3v) is 3.96. The number of hydrogen-bond donors (Lipinski definition) is 7. The molecule has 7 N–H and O–H groups in total. The lowest BCUT2D eigenvalue weighted by molar-refractivity contribution is -0.423. The Labute approximate surface area is 155 Å². The van der Waals surface area contributed by atoms with Gasteiger partial charge in [-0.15, -0.1) is 0 Å². The molecule has 0 radical (unpaired) electrons.